The fourth-order valence-electron chi connectivity index (χ4n) is 4.38. The van der Waals surface area contributed by atoms with Gasteiger partial charge < -0.3 is 18.9 Å². The fourth-order valence-corrected chi connectivity index (χ4v) is 5.12. The molecule has 0 spiro atoms. The summed E-state index contributed by atoms with van der Waals surface area (Å²) in [4.78, 5) is 22.3. The first-order valence-corrected chi connectivity index (χ1v) is 20.2. The Morgan fingerprint density at radius 2 is 1.18 bits per heavy atom. The Balaban J connectivity index is 4.03. The van der Waals surface area contributed by atoms with Crippen molar-refractivity contribution < 1.29 is 37.3 Å². The van der Waals surface area contributed by atoms with E-state index >= 15 is 0 Å². The lowest BCUT2D eigenvalue weighted by molar-refractivity contribution is -0.870. The van der Waals surface area contributed by atoms with E-state index in [1.165, 1.54) is 12.8 Å². The number of unbranched alkanes of at least 4 members (excludes halogenated alkanes) is 7. The number of allylic oxidation sites excluding steroid dienone is 12. The molecule has 8 nitrogen and oxygen atoms in total. The normalized spacial score (nSPS) is 14.8. The number of rotatable bonds is 33. The first kappa shape index (κ1) is 46.9. The SMILES string of the molecule is CC/C=C\C/C=C\C/C=C\C/C=C\C/C=C\C/C=C\CCCCCCCOCC(COP(=O)(O)OCC[N+](C)(C)C)OC(=O)CCCCC. The average molecular weight is 709 g/mol. The summed E-state index contributed by atoms with van der Waals surface area (Å²) in [5.41, 5.74) is 0. The van der Waals surface area contributed by atoms with E-state index in [1.54, 1.807) is 0 Å². The molecule has 49 heavy (non-hydrogen) atoms. The van der Waals surface area contributed by atoms with Gasteiger partial charge in [-0.05, 0) is 64.2 Å². The number of phosphoric acid groups is 1. The van der Waals surface area contributed by atoms with E-state index in [-0.39, 0.29) is 25.8 Å². The molecule has 282 valence electrons. The first-order valence-electron chi connectivity index (χ1n) is 18.7. The molecule has 0 aromatic heterocycles. The Morgan fingerprint density at radius 1 is 0.653 bits per heavy atom. The number of carbonyl (C=O) groups excluding carboxylic acids is 1. The summed E-state index contributed by atoms with van der Waals surface area (Å²) >= 11 is 0. The number of phosphoric ester groups is 1. The van der Waals surface area contributed by atoms with Gasteiger partial charge in [0, 0.05) is 13.0 Å². The zero-order valence-electron chi connectivity index (χ0n) is 31.6. The van der Waals surface area contributed by atoms with Crippen LogP contribution >= 0.6 is 7.82 Å². The van der Waals surface area contributed by atoms with Crippen molar-refractivity contribution in [2.75, 3.05) is 54.1 Å². The van der Waals surface area contributed by atoms with Crippen molar-refractivity contribution in [3.05, 3.63) is 72.9 Å². The van der Waals surface area contributed by atoms with E-state index in [4.69, 9.17) is 18.5 Å². The van der Waals surface area contributed by atoms with Gasteiger partial charge in [-0.25, -0.2) is 4.57 Å². The number of esters is 1. The molecular weight excluding hydrogens is 637 g/mol. The van der Waals surface area contributed by atoms with Gasteiger partial charge in [-0.1, -0.05) is 119 Å². The summed E-state index contributed by atoms with van der Waals surface area (Å²) in [6, 6.07) is 0. The van der Waals surface area contributed by atoms with Gasteiger partial charge in [0.1, 0.15) is 19.3 Å². The summed E-state index contributed by atoms with van der Waals surface area (Å²) in [5.74, 6) is -0.351. The molecule has 0 amide bonds. The molecular formula is C40H71NO7P+. The smallest absolute Gasteiger partial charge is 0.457 e. The third kappa shape index (κ3) is 37.0. The predicted octanol–water partition coefficient (Wildman–Crippen LogP) is 10.4. The van der Waals surface area contributed by atoms with E-state index in [1.807, 2.05) is 21.1 Å². The Bertz CT molecular complexity index is 1010. The van der Waals surface area contributed by atoms with Gasteiger partial charge in [-0.3, -0.25) is 13.8 Å². The van der Waals surface area contributed by atoms with Gasteiger partial charge in [0.25, 0.3) is 0 Å². The molecule has 0 rings (SSSR count). The highest BCUT2D eigenvalue weighted by Gasteiger charge is 2.26. The molecule has 2 atom stereocenters. The van der Waals surface area contributed by atoms with Crippen LogP contribution in [0.1, 0.15) is 117 Å². The highest BCUT2D eigenvalue weighted by molar-refractivity contribution is 7.47. The summed E-state index contributed by atoms with van der Waals surface area (Å²) in [6.07, 6.45) is 41.6. The van der Waals surface area contributed by atoms with E-state index in [0.29, 0.717) is 24.1 Å². The molecule has 0 aliphatic rings. The molecule has 0 saturated carbocycles. The Hall–Kier alpha value is -2.06. The van der Waals surface area contributed by atoms with Gasteiger partial charge >= 0.3 is 13.8 Å². The first-order chi connectivity index (χ1) is 23.6. The monoisotopic (exact) mass is 708 g/mol. The maximum absolute atomic E-state index is 12.3. The minimum absolute atomic E-state index is 0.0800. The fraction of sp³-hybridized carbons (Fsp3) is 0.675. The number of nitrogens with zero attached hydrogens (tertiary/aromatic N) is 1. The average Bonchev–Trinajstić information content (AvgIpc) is 3.04. The van der Waals surface area contributed by atoms with Gasteiger partial charge in [0.05, 0.1) is 34.4 Å². The lowest BCUT2D eigenvalue weighted by Gasteiger charge is -2.24. The van der Waals surface area contributed by atoms with Gasteiger partial charge in [0.15, 0.2) is 0 Å². The van der Waals surface area contributed by atoms with Gasteiger partial charge in [0.2, 0.25) is 0 Å². The number of likely N-dealkylation sites (N-methyl/N-ethyl adjacent to an activating group) is 1. The Labute approximate surface area is 300 Å². The molecule has 0 aromatic rings. The third-order valence-corrected chi connectivity index (χ3v) is 8.27. The zero-order chi connectivity index (χ0) is 36.3. The minimum atomic E-state index is -4.26. The Morgan fingerprint density at radius 3 is 1.73 bits per heavy atom. The summed E-state index contributed by atoms with van der Waals surface area (Å²) in [5, 5.41) is 0. The summed E-state index contributed by atoms with van der Waals surface area (Å²) in [6.45, 7) is 5.25. The van der Waals surface area contributed by atoms with Crippen LogP contribution in [0.3, 0.4) is 0 Å². The number of carbonyl (C=O) groups is 1. The molecule has 0 aliphatic heterocycles. The van der Waals surface area contributed by atoms with Crippen molar-refractivity contribution >= 4 is 13.8 Å². The van der Waals surface area contributed by atoms with Crippen LogP contribution < -0.4 is 0 Å². The van der Waals surface area contributed by atoms with E-state index in [0.717, 1.165) is 83.5 Å². The molecule has 0 radical (unpaired) electrons. The van der Waals surface area contributed by atoms with Crippen LogP contribution in [0.25, 0.3) is 0 Å². The van der Waals surface area contributed by atoms with Crippen LogP contribution in [0, 0.1) is 0 Å². The molecule has 1 N–H and O–H groups in total. The summed E-state index contributed by atoms with van der Waals surface area (Å²) < 4.78 is 34.4. The number of hydrogen-bond acceptors (Lipinski definition) is 6. The second-order valence-electron chi connectivity index (χ2n) is 13.2. The van der Waals surface area contributed by atoms with Crippen LogP contribution in [0.4, 0.5) is 0 Å². The number of hydrogen-bond donors (Lipinski definition) is 1. The number of quaternary nitrogens is 1. The predicted molar refractivity (Wildman–Crippen MR) is 205 cm³/mol. The summed E-state index contributed by atoms with van der Waals surface area (Å²) in [7, 11) is 1.63. The molecule has 0 aromatic carbocycles. The quantitative estimate of drug-likeness (QED) is 0.0239. The van der Waals surface area contributed by atoms with Crippen molar-refractivity contribution in [1.29, 1.82) is 0 Å². The van der Waals surface area contributed by atoms with Crippen molar-refractivity contribution in [1.82, 2.24) is 0 Å². The van der Waals surface area contributed by atoms with Gasteiger partial charge in [-0.15, -0.1) is 0 Å². The largest absolute Gasteiger partial charge is 0.472 e. The molecule has 0 heterocycles. The molecule has 9 heteroatoms. The molecule has 0 fully saturated rings. The Kier molecular flexibility index (Phi) is 31.7. The van der Waals surface area contributed by atoms with Gasteiger partial charge in [-0.2, -0.15) is 0 Å². The lowest BCUT2D eigenvalue weighted by Crippen LogP contribution is -2.37. The second kappa shape index (κ2) is 33.1. The molecule has 0 aliphatic carbocycles. The van der Waals surface area contributed by atoms with Crippen LogP contribution in [0.5, 0.6) is 0 Å². The number of ether oxygens (including phenoxy) is 2. The van der Waals surface area contributed by atoms with E-state index in [9.17, 15) is 14.3 Å². The van der Waals surface area contributed by atoms with E-state index in [2.05, 4.69) is 86.8 Å². The van der Waals surface area contributed by atoms with E-state index < -0.39 is 13.9 Å². The van der Waals surface area contributed by atoms with Crippen molar-refractivity contribution in [3.63, 3.8) is 0 Å². The highest BCUT2D eigenvalue weighted by atomic mass is 31.2. The maximum atomic E-state index is 12.3. The van der Waals surface area contributed by atoms with Crippen LogP contribution in [0.15, 0.2) is 72.9 Å². The molecule has 0 bridgehead atoms. The minimum Gasteiger partial charge on any atom is -0.457 e. The van der Waals surface area contributed by atoms with Crippen LogP contribution in [-0.2, 0) is 27.9 Å². The lowest BCUT2D eigenvalue weighted by atomic mass is 10.1. The second-order valence-corrected chi connectivity index (χ2v) is 14.7. The zero-order valence-corrected chi connectivity index (χ0v) is 32.5. The topological polar surface area (TPSA) is 91.3 Å². The van der Waals surface area contributed by atoms with Crippen LogP contribution in [0.2, 0.25) is 0 Å². The maximum Gasteiger partial charge on any atom is 0.472 e. The molecule has 2 unspecified atom stereocenters. The van der Waals surface area contributed by atoms with Crippen molar-refractivity contribution in [3.8, 4) is 0 Å². The highest BCUT2D eigenvalue weighted by Crippen LogP contribution is 2.43. The third-order valence-electron chi connectivity index (χ3n) is 7.28. The standard InChI is InChI=1S/C40H70NO7P/c1-6-8-10-11-12-13-14-15-16-17-18-19-20-21-22-23-24-25-26-27-28-29-30-32-35-45-37-39(48-40(42)33-31-9-7-2)38-47-49(43,44)46-36-34-41(3,4)5/h8,10,12-13,15-16,18-19,21-22,24-25,39H,6-7,9,11,14,17,20,23,26-38H2,1-5H3/p+1/b10-8-,13-12-,16-15-,19-18-,22-21-,25-24-. The molecule has 0 saturated heterocycles. The van der Waals surface area contributed by atoms with Crippen molar-refractivity contribution in [2.24, 2.45) is 0 Å². The van der Waals surface area contributed by atoms with Crippen molar-refractivity contribution in [2.45, 2.75) is 123 Å². The van der Waals surface area contributed by atoms with Crippen LogP contribution in [-0.4, -0.2) is 75.6 Å².